The summed E-state index contributed by atoms with van der Waals surface area (Å²) in [6.45, 7) is 29.5. The molecule has 13 heteroatoms. The van der Waals surface area contributed by atoms with Gasteiger partial charge in [-0.1, -0.05) is 85.1 Å². The zero-order chi connectivity index (χ0) is 30.4. The molecule has 0 aliphatic carbocycles. The summed E-state index contributed by atoms with van der Waals surface area (Å²) in [5.41, 5.74) is 0. The maximum atomic E-state index is 3.24. The Labute approximate surface area is 240 Å². The van der Waals surface area contributed by atoms with Crippen LogP contribution in [0.25, 0.3) is 0 Å². The quantitative estimate of drug-likeness (QED) is 0.391. The summed E-state index contributed by atoms with van der Waals surface area (Å²) in [5, 5.41) is 0. The fourth-order valence-electron chi connectivity index (χ4n) is 0. The van der Waals surface area contributed by atoms with E-state index in [1.165, 1.54) is 10.2 Å². The van der Waals surface area contributed by atoms with Crippen LogP contribution in [-0.2, 0) is 0 Å². The Kier molecular flexibility index (Phi) is 56.3. The SMILES string of the molecule is CN(C)[SiH](C)C.CN(C)[Si](C)(C)C.CN[SiH2]C.CN[SiH](C)C.CN[Si](C)(C)C.C[SiH2]N(C)C.C[SiH3]. The summed E-state index contributed by atoms with van der Waals surface area (Å²) >= 11 is 0. The van der Waals surface area contributed by atoms with Crippen molar-refractivity contribution < 1.29 is 0 Å². The van der Waals surface area contributed by atoms with E-state index in [4.69, 9.17) is 0 Å². The Hall–Kier alpha value is 1.28. The molecule has 0 atom stereocenters. The average molecular weight is 624 g/mol. The molecule has 0 amide bonds. The number of nitrogens with one attached hydrogen (secondary N) is 3. The van der Waals surface area contributed by atoms with Crippen LogP contribution in [0.3, 0.4) is 0 Å². The van der Waals surface area contributed by atoms with Gasteiger partial charge in [0.25, 0.3) is 0 Å². The maximum Gasteiger partial charge on any atom is 0.118 e. The van der Waals surface area contributed by atoms with Crippen molar-refractivity contribution in [2.75, 3.05) is 63.4 Å². The van der Waals surface area contributed by atoms with Gasteiger partial charge in [-0.2, -0.15) is 0 Å². The highest BCUT2D eigenvalue weighted by Crippen LogP contribution is 2.01. The Balaban J connectivity index is -0.0000000534. The van der Waals surface area contributed by atoms with Gasteiger partial charge in [-0.25, -0.2) is 0 Å². The molecule has 0 rings (SSSR count). The lowest BCUT2D eigenvalue weighted by atomic mass is 11.3. The summed E-state index contributed by atoms with van der Waals surface area (Å²) in [4.78, 5) is 9.48. The molecule has 0 heterocycles. The van der Waals surface area contributed by atoms with Crippen LogP contribution in [0.4, 0.5) is 0 Å². The second-order valence-corrected chi connectivity index (χ2v) is 30.8. The normalized spacial score (nSPS) is 11.1. The Morgan fingerprint density at radius 3 is 0.886 bits per heavy atom. The third kappa shape index (κ3) is 105. The molecule has 0 saturated carbocycles. The second-order valence-electron chi connectivity index (χ2n) is 11.2. The van der Waals surface area contributed by atoms with Crippen LogP contribution in [-0.4, -0.2) is 141 Å². The second kappa shape index (κ2) is 37.4. The van der Waals surface area contributed by atoms with Crippen LogP contribution in [0.1, 0.15) is 0 Å². The molecule has 0 aliphatic heterocycles. The van der Waals surface area contributed by atoms with E-state index < -0.39 is 34.4 Å². The van der Waals surface area contributed by atoms with Crippen molar-refractivity contribution in [1.29, 1.82) is 0 Å². The Morgan fingerprint density at radius 2 is 0.886 bits per heavy atom. The number of hydrogen-bond acceptors (Lipinski definition) is 6. The van der Waals surface area contributed by atoms with Gasteiger partial charge >= 0.3 is 0 Å². The van der Waals surface area contributed by atoms with Gasteiger partial charge in [0.05, 0.1) is 19.4 Å². The predicted molar refractivity (Wildman–Crippen MR) is 197 cm³/mol. The highest BCUT2D eigenvalue weighted by Gasteiger charge is 2.14. The van der Waals surface area contributed by atoms with E-state index in [0.717, 1.165) is 0 Å². The van der Waals surface area contributed by atoms with Crippen molar-refractivity contribution in [3.05, 3.63) is 0 Å². The molecular formula is C22H78N6Si7. The van der Waals surface area contributed by atoms with Gasteiger partial charge in [-0.3, -0.25) is 0 Å². The van der Waals surface area contributed by atoms with E-state index in [9.17, 15) is 0 Å². The van der Waals surface area contributed by atoms with E-state index in [0.29, 0.717) is 0 Å². The van der Waals surface area contributed by atoms with E-state index in [-0.39, 0.29) is 19.4 Å². The zero-order valence-electron chi connectivity index (χ0n) is 29.4. The van der Waals surface area contributed by atoms with Crippen LogP contribution < -0.4 is 14.9 Å². The summed E-state index contributed by atoms with van der Waals surface area (Å²) < 4.78 is 6.90. The Morgan fingerprint density at radius 1 is 0.714 bits per heavy atom. The molecule has 0 aromatic carbocycles. The Bertz CT molecular complexity index is 321. The van der Waals surface area contributed by atoms with Crippen molar-refractivity contribution in [2.45, 2.75) is 85.1 Å². The molecule has 0 aliphatic rings. The number of hydrogen-bond donors (Lipinski definition) is 3. The summed E-state index contributed by atoms with van der Waals surface area (Å²) in [5.74, 6) is 0. The van der Waals surface area contributed by atoms with Gasteiger partial charge in [-0.15, -0.1) is 0 Å². The summed E-state index contributed by atoms with van der Waals surface area (Å²) in [6, 6.07) is 0. The fraction of sp³-hybridized carbons (Fsp3) is 1.00. The third-order valence-electron chi connectivity index (χ3n) is 4.69. The van der Waals surface area contributed by atoms with E-state index in [2.05, 4.69) is 156 Å². The minimum absolute atomic E-state index is 0.174. The minimum atomic E-state index is -0.901. The molecule has 0 bridgehead atoms. The molecule has 3 N–H and O–H groups in total. The van der Waals surface area contributed by atoms with Crippen LogP contribution in [0.15, 0.2) is 0 Å². The van der Waals surface area contributed by atoms with Gasteiger partial charge in [-0.05, 0) is 73.7 Å². The standard InChI is InChI=1S/C5H15NSi.2C4H13NSi.2C3H11NSi.C2H9NSi.CH6Si/c1-6(2)7(3,4)5;1-5-6(2,3)4;1-5(2)6(3)4;1-4-5(2)3;1-4(2)5-3;1-3-4-2;1-2/h1-5H3;5H,1-4H3;6H,1-4H3;4-5H,1-3H3;5H2,1-3H3;3H,4H2,1-2H3;1-2H3. The molecule has 224 valence electrons. The largest absolute Gasteiger partial charge is 0.345 e. The van der Waals surface area contributed by atoms with Crippen molar-refractivity contribution >= 4 is 64.0 Å². The van der Waals surface area contributed by atoms with Crippen LogP contribution in [0.5, 0.6) is 0 Å². The molecule has 0 aromatic rings. The monoisotopic (exact) mass is 622 g/mol. The maximum absolute atomic E-state index is 3.24. The van der Waals surface area contributed by atoms with E-state index in [1.807, 2.05) is 21.1 Å². The molecule has 0 spiro atoms. The van der Waals surface area contributed by atoms with Crippen LogP contribution in [0, 0.1) is 0 Å². The molecule has 0 saturated heterocycles. The topological polar surface area (TPSA) is 45.8 Å². The molecule has 0 radical (unpaired) electrons. The summed E-state index contributed by atoms with van der Waals surface area (Å²) in [7, 11) is 17.9. The average Bonchev–Trinajstić information content (AvgIpc) is 2.75. The minimum Gasteiger partial charge on any atom is -0.345 e. The molecular weight excluding hydrogens is 545 g/mol. The van der Waals surface area contributed by atoms with Gasteiger partial charge in [0.2, 0.25) is 0 Å². The van der Waals surface area contributed by atoms with E-state index in [1.54, 1.807) is 0 Å². The smallest absolute Gasteiger partial charge is 0.118 e. The summed E-state index contributed by atoms with van der Waals surface area (Å²) in [6.07, 6.45) is 0. The first kappa shape index (κ1) is 52.7. The number of rotatable bonds is 6. The van der Waals surface area contributed by atoms with Crippen molar-refractivity contribution in [1.82, 2.24) is 28.6 Å². The highest BCUT2D eigenvalue weighted by atomic mass is 28.3. The molecule has 0 fully saturated rings. The zero-order valence-corrected chi connectivity index (χ0v) is 38.5. The molecule has 6 nitrogen and oxygen atoms in total. The lowest BCUT2D eigenvalue weighted by Crippen LogP contribution is -2.39. The molecule has 0 unspecified atom stereocenters. The third-order valence-corrected chi connectivity index (χ3v) is 14.1. The van der Waals surface area contributed by atoms with Crippen molar-refractivity contribution in [2.24, 2.45) is 0 Å². The molecule has 0 aromatic heterocycles. The predicted octanol–water partition coefficient (Wildman–Crippen LogP) is 1.56. The molecule has 35 heavy (non-hydrogen) atoms. The lowest BCUT2D eigenvalue weighted by Gasteiger charge is -2.24. The van der Waals surface area contributed by atoms with Crippen LogP contribution in [0.2, 0.25) is 85.1 Å². The van der Waals surface area contributed by atoms with E-state index >= 15 is 0 Å². The van der Waals surface area contributed by atoms with Gasteiger partial charge < -0.3 is 28.6 Å². The van der Waals surface area contributed by atoms with Crippen LogP contribution >= 0.6 is 0 Å². The van der Waals surface area contributed by atoms with Crippen molar-refractivity contribution in [3.63, 3.8) is 0 Å². The fourth-order valence-corrected chi connectivity index (χ4v) is 0. The van der Waals surface area contributed by atoms with Crippen molar-refractivity contribution in [3.8, 4) is 0 Å². The first-order chi connectivity index (χ1) is 15.6. The highest BCUT2D eigenvalue weighted by molar-refractivity contribution is 6.73. The van der Waals surface area contributed by atoms with Gasteiger partial charge in [0.1, 0.15) is 34.4 Å². The lowest BCUT2D eigenvalue weighted by molar-refractivity contribution is 0.627. The number of nitrogens with zero attached hydrogens (tertiary/aromatic N) is 3. The first-order valence-corrected chi connectivity index (χ1v) is 32.4. The van der Waals surface area contributed by atoms with Gasteiger partial charge in [0.15, 0.2) is 0 Å². The van der Waals surface area contributed by atoms with Gasteiger partial charge in [0, 0.05) is 0 Å². The first-order valence-electron chi connectivity index (χ1n) is 13.6.